The van der Waals surface area contributed by atoms with Crippen LogP contribution in [-0.4, -0.2) is 29.3 Å². The Morgan fingerprint density at radius 3 is 2.85 bits per heavy atom. The summed E-state index contributed by atoms with van der Waals surface area (Å²) in [6.07, 6.45) is 4.04. The highest BCUT2D eigenvalue weighted by atomic mass is 16.3. The summed E-state index contributed by atoms with van der Waals surface area (Å²) >= 11 is 0. The van der Waals surface area contributed by atoms with Gasteiger partial charge in [-0.2, -0.15) is 5.10 Å². The van der Waals surface area contributed by atoms with Crippen LogP contribution < -0.4 is 10.2 Å². The molecule has 5 nitrogen and oxygen atoms in total. The van der Waals surface area contributed by atoms with Crippen molar-refractivity contribution in [1.29, 1.82) is 0 Å². The van der Waals surface area contributed by atoms with Crippen molar-refractivity contribution >= 4 is 5.82 Å². The average molecular weight is 348 g/mol. The van der Waals surface area contributed by atoms with Crippen molar-refractivity contribution in [3.05, 3.63) is 66.1 Å². The Labute approximate surface area is 154 Å². The van der Waals surface area contributed by atoms with E-state index in [4.69, 9.17) is 4.42 Å². The lowest BCUT2D eigenvalue weighted by atomic mass is 10.1. The Morgan fingerprint density at radius 1 is 1.15 bits per heavy atom. The lowest BCUT2D eigenvalue weighted by Crippen LogP contribution is -2.45. The number of furan rings is 1. The number of benzene rings is 1. The number of anilines is 1. The van der Waals surface area contributed by atoms with Gasteiger partial charge in [0.25, 0.3) is 0 Å². The van der Waals surface area contributed by atoms with Gasteiger partial charge in [-0.1, -0.05) is 29.8 Å². The molecule has 3 heterocycles. The van der Waals surface area contributed by atoms with E-state index >= 15 is 0 Å². The van der Waals surface area contributed by atoms with E-state index < -0.39 is 0 Å². The summed E-state index contributed by atoms with van der Waals surface area (Å²) in [5.41, 5.74) is 2.38. The van der Waals surface area contributed by atoms with Crippen molar-refractivity contribution in [1.82, 2.24) is 15.5 Å². The number of rotatable bonds is 5. The molecular weight excluding hydrogens is 324 g/mol. The average Bonchev–Trinajstić information content (AvgIpc) is 3.17. The van der Waals surface area contributed by atoms with Crippen LogP contribution in [0.3, 0.4) is 0 Å². The van der Waals surface area contributed by atoms with E-state index in [0.717, 1.165) is 49.0 Å². The van der Waals surface area contributed by atoms with Gasteiger partial charge in [-0.25, -0.2) is 0 Å². The Bertz CT molecular complexity index is 829. The molecule has 5 heteroatoms. The highest BCUT2D eigenvalue weighted by Crippen LogP contribution is 2.23. The van der Waals surface area contributed by atoms with Crippen LogP contribution in [0, 0.1) is 6.92 Å². The zero-order valence-corrected chi connectivity index (χ0v) is 15.1. The standard InChI is InChI=1S/C21H24N4O/c1-16-6-8-17(9-7-16)20-11-10-19(26-20)14-22-18-4-3-13-25(15-18)21-5-2-12-23-24-21/h2,5-12,18,22H,3-4,13-15H2,1H3. The first-order valence-corrected chi connectivity index (χ1v) is 9.20. The second-order valence-corrected chi connectivity index (χ2v) is 6.88. The third-order valence-electron chi connectivity index (χ3n) is 4.87. The van der Waals surface area contributed by atoms with Crippen molar-refractivity contribution in [2.75, 3.05) is 18.0 Å². The number of hydrogen-bond donors (Lipinski definition) is 1. The van der Waals surface area contributed by atoms with Crippen LogP contribution >= 0.6 is 0 Å². The predicted octanol–water partition coefficient (Wildman–Crippen LogP) is 3.80. The number of nitrogens with one attached hydrogen (secondary N) is 1. The van der Waals surface area contributed by atoms with E-state index in [-0.39, 0.29) is 0 Å². The summed E-state index contributed by atoms with van der Waals surface area (Å²) in [7, 11) is 0. The molecule has 3 aromatic rings. The maximum absolute atomic E-state index is 6.01. The summed E-state index contributed by atoms with van der Waals surface area (Å²) in [4.78, 5) is 2.30. The lowest BCUT2D eigenvalue weighted by molar-refractivity contribution is 0.396. The zero-order valence-electron chi connectivity index (χ0n) is 15.1. The molecule has 1 N–H and O–H groups in total. The van der Waals surface area contributed by atoms with E-state index in [1.165, 1.54) is 12.0 Å². The molecule has 1 unspecified atom stereocenters. The molecule has 0 amide bonds. The fourth-order valence-corrected chi connectivity index (χ4v) is 3.40. The summed E-state index contributed by atoms with van der Waals surface area (Å²) in [6, 6.07) is 16.9. The molecule has 1 atom stereocenters. The first kappa shape index (κ1) is 16.8. The Hall–Kier alpha value is -2.66. The molecule has 1 fully saturated rings. The Morgan fingerprint density at radius 2 is 2.04 bits per heavy atom. The van der Waals surface area contributed by atoms with Crippen LogP contribution in [0.4, 0.5) is 5.82 Å². The van der Waals surface area contributed by atoms with Gasteiger partial charge in [-0.15, -0.1) is 5.10 Å². The van der Waals surface area contributed by atoms with Crippen molar-refractivity contribution in [3.63, 3.8) is 0 Å². The van der Waals surface area contributed by atoms with Crippen molar-refractivity contribution in [2.24, 2.45) is 0 Å². The van der Waals surface area contributed by atoms with Crippen LogP contribution in [0.2, 0.25) is 0 Å². The quantitative estimate of drug-likeness (QED) is 0.760. The smallest absolute Gasteiger partial charge is 0.151 e. The lowest BCUT2D eigenvalue weighted by Gasteiger charge is -2.33. The molecular formula is C21H24N4O. The monoisotopic (exact) mass is 348 g/mol. The van der Waals surface area contributed by atoms with Gasteiger partial charge in [0, 0.05) is 30.9 Å². The molecule has 4 rings (SSSR count). The van der Waals surface area contributed by atoms with Gasteiger partial charge in [-0.05, 0) is 44.0 Å². The molecule has 1 saturated heterocycles. The van der Waals surface area contributed by atoms with Crippen molar-refractivity contribution in [2.45, 2.75) is 32.4 Å². The molecule has 26 heavy (non-hydrogen) atoms. The first-order valence-electron chi connectivity index (χ1n) is 9.20. The molecule has 1 aliphatic heterocycles. The molecule has 0 saturated carbocycles. The van der Waals surface area contributed by atoms with Gasteiger partial charge in [-0.3, -0.25) is 0 Å². The van der Waals surface area contributed by atoms with Crippen LogP contribution in [-0.2, 0) is 6.54 Å². The number of nitrogens with zero attached hydrogens (tertiary/aromatic N) is 3. The minimum atomic E-state index is 0.429. The number of piperidine rings is 1. The zero-order chi connectivity index (χ0) is 17.8. The maximum atomic E-state index is 6.01. The summed E-state index contributed by atoms with van der Waals surface area (Å²) < 4.78 is 6.01. The number of hydrogen-bond acceptors (Lipinski definition) is 5. The third kappa shape index (κ3) is 3.94. The van der Waals surface area contributed by atoms with Gasteiger partial charge < -0.3 is 14.6 Å². The fourth-order valence-electron chi connectivity index (χ4n) is 3.40. The molecule has 134 valence electrons. The highest BCUT2D eigenvalue weighted by molar-refractivity contribution is 5.57. The highest BCUT2D eigenvalue weighted by Gasteiger charge is 2.21. The van der Waals surface area contributed by atoms with Gasteiger partial charge in [0.1, 0.15) is 11.5 Å². The van der Waals surface area contributed by atoms with E-state index in [2.05, 4.69) is 63.7 Å². The van der Waals surface area contributed by atoms with E-state index in [1.807, 2.05) is 12.1 Å². The van der Waals surface area contributed by atoms with Gasteiger partial charge in [0.05, 0.1) is 6.54 Å². The van der Waals surface area contributed by atoms with Gasteiger partial charge in [0.15, 0.2) is 5.82 Å². The maximum Gasteiger partial charge on any atom is 0.151 e. The molecule has 0 aliphatic carbocycles. The minimum Gasteiger partial charge on any atom is -0.460 e. The number of aryl methyl sites for hydroxylation is 1. The number of aromatic nitrogens is 2. The molecule has 1 aliphatic rings. The van der Waals surface area contributed by atoms with E-state index in [1.54, 1.807) is 6.20 Å². The third-order valence-corrected chi connectivity index (χ3v) is 4.87. The summed E-state index contributed by atoms with van der Waals surface area (Å²) in [6.45, 7) is 4.82. The van der Waals surface area contributed by atoms with Gasteiger partial charge in [0.2, 0.25) is 0 Å². The van der Waals surface area contributed by atoms with Crippen LogP contribution in [0.5, 0.6) is 0 Å². The second-order valence-electron chi connectivity index (χ2n) is 6.88. The predicted molar refractivity (Wildman–Crippen MR) is 103 cm³/mol. The molecule has 0 bridgehead atoms. The summed E-state index contributed by atoms with van der Waals surface area (Å²) in [5.74, 6) is 2.85. The van der Waals surface area contributed by atoms with E-state index in [9.17, 15) is 0 Å². The molecule has 0 spiro atoms. The van der Waals surface area contributed by atoms with Crippen LogP contribution in [0.25, 0.3) is 11.3 Å². The summed E-state index contributed by atoms with van der Waals surface area (Å²) in [5, 5.41) is 11.8. The Kier molecular flexibility index (Phi) is 4.97. The molecule has 2 aromatic heterocycles. The molecule has 0 radical (unpaired) electrons. The minimum absolute atomic E-state index is 0.429. The SMILES string of the molecule is Cc1ccc(-c2ccc(CNC3CCCN(c4cccnn4)C3)o2)cc1. The second kappa shape index (κ2) is 7.70. The Balaban J connectivity index is 1.35. The van der Waals surface area contributed by atoms with Crippen LogP contribution in [0.1, 0.15) is 24.2 Å². The van der Waals surface area contributed by atoms with Gasteiger partial charge >= 0.3 is 0 Å². The normalized spacial score (nSPS) is 17.4. The van der Waals surface area contributed by atoms with Crippen molar-refractivity contribution < 1.29 is 4.42 Å². The molecule has 1 aromatic carbocycles. The van der Waals surface area contributed by atoms with Crippen molar-refractivity contribution in [3.8, 4) is 11.3 Å². The first-order chi connectivity index (χ1) is 12.8. The topological polar surface area (TPSA) is 54.2 Å². The largest absolute Gasteiger partial charge is 0.460 e. The van der Waals surface area contributed by atoms with E-state index in [0.29, 0.717) is 6.04 Å². The fraction of sp³-hybridized carbons (Fsp3) is 0.333. The van der Waals surface area contributed by atoms with Crippen LogP contribution in [0.15, 0.2) is 59.1 Å².